The molecule has 0 bridgehead atoms. The quantitative estimate of drug-likeness (QED) is 0.835. The Balaban J connectivity index is 1.92. The maximum atomic E-state index is 12.1. The summed E-state index contributed by atoms with van der Waals surface area (Å²) >= 11 is 1.79. The van der Waals surface area contributed by atoms with Gasteiger partial charge in [-0.25, -0.2) is 4.79 Å². The molecule has 1 fully saturated rings. The molecular weight excluding hydrogens is 316 g/mol. The Labute approximate surface area is 139 Å². The predicted octanol–water partition coefficient (Wildman–Crippen LogP) is 3.02. The van der Waals surface area contributed by atoms with E-state index in [1.54, 1.807) is 17.6 Å². The van der Waals surface area contributed by atoms with Gasteiger partial charge in [0.15, 0.2) is 0 Å². The molecule has 1 aromatic heterocycles. The summed E-state index contributed by atoms with van der Waals surface area (Å²) in [6.07, 6.45) is 7.69. The molecule has 1 aliphatic rings. The maximum Gasteiger partial charge on any atom is 0.315 e. The molecule has 6 heteroatoms. The number of carbonyl (C=O) groups is 1. The Morgan fingerprint density at radius 1 is 1.41 bits per heavy atom. The van der Waals surface area contributed by atoms with E-state index in [1.807, 2.05) is 6.92 Å². The second-order valence-corrected chi connectivity index (χ2v) is 8.71. The van der Waals surface area contributed by atoms with Crippen LogP contribution in [0.4, 0.5) is 4.79 Å². The molecule has 1 aliphatic carbocycles. The number of carbonyl (C=O) groups excluding carboxylic acids is 1. The van der Waals surface area contributed by atoms with Gasteiger partial charge in [0, 0.05) is 45.7 Å². The number of hydrogen-bond donors (Lipinski definition) is 2. The van der Waals surface area contributed by atoms with Gasteiger partial charge in [-0.05, 0) is 31.2 Å². The smallest absolute Gasteiger partial charge is 0.315 e. The van der Waals surface area contributed by atoms with Crippen molar-refractivity contribution in [1.82, 2.24) is 10.6 Å². The zero-order valence-corrected chi connectivity index (χ0v) is 15.0. The lowest BCUT2D eigenvalue weighted by molar-refractivity contribution is 0.228. The molecule has 22 heavy (non-hydrogen) atoms. The van der Waals surface area contributed by atoms with Gasteiger partial charge in [0.1, 0.15) is 0 Å². The van der Waals surface area contributed by atoms with E-state index < -0.39 is 10.8 Å². The van der Waals surface area contributed by atoms with Gasteiger partial charge in [0.25, 0.3) is 0 Å². The summed E-state index contributed by atoms with van der Waals surface area (Å²) in [4.78, 5) is 13.5. The van der Waals surface area contributed by atoms with Crippen LogP contribution < -0.4 is 10.6 Å². The van der Waals surface area contributed by atoms with Crippen molar-refractivity contribution < 1.29 is 9.00 Å². The van der Waals surface area contributed by atoms with E-state index in [4.69, 9.17) is 0 Å². The van der Waals surface area contributed by atoms with Crippen molar-refractivity contribution in [2.75, 3.05) is 18.6 Å². The summed E-state index contributed by atoms with van der Waals surface area (Å²) in [6, 6.07) is 4.06. The van der Waals surface area contributed by atoms with E-state index in [0.717, 1.165) is 12.8 Å². The van der Waals surface area contributed by atoms with Crippen molar-refractivity contribution in [3.8, 4) is 0 Å². The molecule has 4 nitrogen and oxygen atoms in total. The number of rotatable bonds is 6. The molecule has 1 heterocycles. The van der Waals surface area contributed by atoms with Crippen molar-refractivity contribution in [1.29, 1.82) is 0 Å². The normalized spacial score (nSPS) is 20.1. The summed E-state index contributed by atoms with van der Waals surface area (Å²) in [5.74, 6) is 0.490. The zero-order chi connectivity index (χ0) is 16.0. The summed E-state index contributed by atoms with van der Waals surface area (Å²) in [6.45, 7) is 2.57. The van der Waals surface area contributed by atoms with E-state index in [9.17, 15) is 9.00 Å². The molecule has 1 saturated carbocycles. The van der Waals surface area contributed by atoms with Crippen LogP contribution in [0.2, 0.25) is 0 Å². The average molecular weight is 343 g/mol. The third-order valence-electron chi connectivity index (χ3n) is 4.30. The van der Waals surface area contributed by atoms with E-state index in [0.29, 0.717) is 12.3 Å². The highest BCUT2D eigenvalue weighted by molar-refractivity contribution is 7.84. The van der Waals surface area contributed by atoms with Crippen LogP contribution in [0.5, 0.6) is 0 Å². The molecule has 2 rings (SSSR count). The van der Waals surface area contributed by atoms with Gasteiger partial charge in [0.05, 0.1) is 0 Å². The van der Waals surface area contributed by atoms with Gasteiger partial charge in [-0.3, -0.25) is 4.21 Å². The minimum Gasteiger partial charge on any atom is -0.337 e. The first kappa shape index (κ1) is 17.5. The third-order valence-corrected chi connectivity index (χ3v) is 6.39. The zero-order valence-electron chi connectivity index (χ0n) is 13.4. The highest BCUT2D eigenvalue weighted by Crippen LogP contribution is 2.40. The van der Waals surface area contributed by atoms with Crippen LogP contribution >= 0.6 is 11.3 Å². The van der Waals surface area contributed by atoms with Crippen molar-refractivity contribution in [3.05, 3.63) is 22.4 Å². The van der Waals surface area contributed by atoms with Crippen molar-refractivity contribution in [2.24, 2.45) is 0 Å². The Hall–Kier alpha value is -0.880. The van der Waals surface area contributed by atoms with Crippen LogP contribution in [0, 0.1) is 0 Å². The average Bonchev–Trinajstić information content (AvgIpc) is 3.00. The summed E-state index contributed by atoms with van der Waals surface area (Å²) < 4.78 is 11.2. The van der Waals surface area contributed by atoms with Crippen molar-refractivity contribution in [2.45, 2.75) is 50.5 Å². The van der Waals surface area contributed by atoms with Gasteiger partial charge in [-0.15, -0.1) is 11.3 Å². The molecule has 1 aromatic rings. The monoisotopic (exact) mass is 342 g/mol. The second-order valence-electron chi connectivity index (χ2n) is 6.29. The molecule has 124 valence electrons. The summed E-state index contributed by atoms with van der Waals surface area (Å²) in [5, 5.41) is 8.03. The van der Waals surface area contributed by atoms with E-state index in [1.165, 1.54) is 24.1 Å². The maximum absolute atomic E-state index is 12.1. The van der Waals surface area contributed by atoms with Crippen LogP contribution in [0.3, 0.4) is 0 Å². The van der Waals surface area contributed by atoms with Crippen LogP contribution in [-0.4, -0.2) is 34.8 Å². The minimum atomic E-state index is -0.894. The van der Waals surface area contributed by atoms with E-state index in [2.05, 4.69) is 28.1 Å². The van der Waals surface area contributed by atoms with Gasteiger partial charge in [-0.2, -0.15) is 0 Å². The predicted molar refractivity (Wildman–Crippen MR) is 94.0 cm³/mol. The fraction of sp³-hybridized carbons (Fsp3) is 0.688. The standard InChI is InChI=1S/C16H26N2O2S2/c1-13(11-22(2)20)18-15(19)17-12-16(8-4-3-5-9-16)14-7-6-10-21-14/h6-7,10,13H,3-5,8-9,11-12H2,1-2H3,(H2,17,18,19)/t13-,22-/m1/s1. The fourth-order valence-electron chi connectivity index (χ4n) is 3.24. The summed E-state index contributed by atoms with van der Waals surface area (Å²) in [5.41, 5.74) is 0.0978. The first-order chi connectivity index (χ1) is 10.5. The first-order valence-corrected chi connectivity index (χ1v) is 10.5. The molecule has 0 saturated heterocycles. The first-order valence-electron chi connectivity index (χ1n) is 7.90. The number of amides is 2. The van der Waals surface area contributed by atoms with Gasteiger partial charge >= 0.3 is 6.03 Å². The molecule has 0 spiro atoms. The molecule has 0 aromatic carbocycles. The lowest BCUT2D eigenvalue weighted by atomic mass is 9.73. The number of thiophene rings is 1. The highest BCUT2D eigenvalue weighted by Gasteiger charge is 2.35. The Bertz CT molecular complexity index is 496. The molecule has 2 amide bonds. The van der Waals surface area contributed by atoms with Gasteiger partial charge in [0.2, 0.25) is 0 Å². The van der Waals surface area contributed by atoms with Gasteiger partial charge in [-0.1, -0.05) is 25.3 Å². The largest absolute Gasteiger partial charge is 0.337 e. The lowest BCUT2D eigenvalue weighted by Crippen LogP contribution is -2.48. The molecule has 2 atom stereocenters. The van der Waals surface area contributed by atoms with Crippen molar-refractivity contribution >= 4 is 28.2 Å². The van der Waals surface area contributed by atoms with E-state index in [-0.39, 0.29) is 17.5 Å². The molecule has 0 radical (unpaired) electrons. The second kappa shape index (κ2) is 8.11. The minimum absolute atomic E-state index is 0.0742. The Morgan fingerprint density at radius 3 is 2.73 bits per heavy atom. The lowest BCUT2D eigenvalue weighted by Gasteiger charge is -2.37. The number of nitrogens with one attached hydrogen (secondary N) is 2. The van der Waals surface area contributed by atoms with Crippen LogP contribution in [0.15, 0.2) is 17.5 Å². The Morgan fingerprint density at radius 2 is 2.14 bits per heavy atom. The molecular formula is C16H26N2O2S2. The number of urea groups is 1. The van der Waals surface area contributed by atoms with Crippen LogP contribution in [0.1, 0.15) is 43.9 Å². The summed E-state index contributed by atoms with van der Waals surface area (Å²) in [7, 11) is -0.894. The van der Waals surface area contributed by atoms with Crippen LogP contribution in [0.25, 0.3) is 0 Å². The van der Waals surface area contributed by atoms with Gasteiger partial charge < -0.3 is 10.6 Å². The third kappa shape index (κ3) is 4.81. The number of hydrogen-bond acceptors (Lipinski definition) is 3. The topological polar surface area (TPSA) is 58.2 Å². The highest BCUT2D eigenvalue weighted by atomic mass is 32.2. The SMILES string of the molecule is C[C@H](C[S@@](C)=O)NC(=O)NCC1(c2cccs2)CCCCC1. The Kier molecular flexibility index (Phi) is 6.44. The molecule has 0 aliphatic heterocycles. The fourth-order valence-corrected chi connectivity index (χ4v) is 5.01. The van der Waals surface area contributed by atoms with Crippen LogP contribution in [-0.2, 0) is 16.2 Å². The van der Waals surface area contributed by atoms with Crippen molar-refractivity contribution in [3.63, 3.8) is 0 Å². The van der Waals surface area contributed by atoms with E-state index >= 15 is 0 Å². The molecule has 0 unspecified atom stereocenters. The molecule has 2 N–H and O–H groups in total.